The largest absolute Gasteiger partial charge is 0.376 e. The van der Waals surface area contributed by atoms with Crippen molar-refractivity contribution >= 4 is 35.0 Å². The number of hydrogen-bond acceptors (Lipinski definition) is 5. The van der Waals surface area contributed by atoms with Crippen molar-refractivity contribution in [2.24, 2.45) is 0 Å². The Bertz CT molecular complexity index is 1100. The highest BCUT2D eigenvalue weighted by atomic mass is 16.2. The molecule has 0 aromatic heterocycles. The van der Waals surface area contributed by atoms with Crippen LogP contribution in [0, 0.1) is 6.92 Å². The molecule has 0 radical (unpaired) electrons. The minimum Gasteiger partial charge on any atom is -0.376 e. The maximum absolute atomic E-state index is 13.2. The lowest BCUT2D eigenvalue weighted by Crippen LogP contribution is -2.62. The van der Waals surface area contributed by atoms with Crippen LogP contribution in [0.1, 0.15) is 42.1 Å². The van der Waals surface area contributed by atoms with Crippen LogP contribution in [0.3, 0.4) is 0 Å². The molecule has 2 aromatic carbocycles. The van der Waals surface area contributed by atoms with Gasteiger partial charge in [0.15, 0.2) is 0 Å². The van der Waals surface area contributed by atoms with E-state index in [2.05, 4.69) is 16.2 Å². The van der Waals surface area contributed by atoms with E-state index in [1.807, 2.05) is 38.1 Å². The van der Waals surface area contributed by atoms with Crippen LogP contribution in [-0.2, 0) is 14.4 Å². The lowest BCUT2D eigenvalue weighted by molar-refractivity contribution is -0.128. The minimum atomic E-state index is -0.815. The molecule has 2 aliphatic rings. The number of nitrogens with zero attached hydrogens (tertiary/aromatic N) is 2. The van der Waals surface area contributed by atoms with Gasteiger partial charge in [-0.2, -0.15) is 0 Å². The highest BCUT2D eigenvalue weighted by Gasteiger charge is 2.52. The van der Waals surface area contributed by atoms with Crippen LogP contribution in [0.15, 0.2) is 48.5 Å². The Morgan fingerprint density at radius 1 is 1.00 bits per heavy atom. The molecule has 172 valence electrons. The summed E-state index contributed by atoms with van der Waals surface area (Å²) in [5.74, 6) is -1.07. The van der Waals surface area contributed by atoms with Gasteiger partial charge in [0, 0.05) is 25.1 Å². The van der Waals surface area contributed by atoms with E-state index < -0.39 is 17.5 Å². The fourth-order valence-corrected chi connectivity index (χ4v) is 4.35. The normalized spacial score (nSPS) is 19.1. The van der Waals surface area contributed by atoms with Gasteiger partial charge < -0.3 is 10.2 Å². The second-order valence-electron chi connectivity index (χ2n) is 8.49. The van der Waals surface area contributed by atoms with Crippen molar-refractivity contribution < 1.29 is 19.2 Å². The summed E-state index contributed by atoms with van der Waals surface area (Å²) >= 11 is 0. The zero-order valence-electron chi connectivity index (χ0n) is 18.7. The fraction of sp³-hybridized carbons (Fsp3) is 0.333. The number of rotatable bonds is 6. The highest BCUT2D eigenvalue weighted by molar-refractivity contribution is 6.10. The number of anilines is 2. The van der Waals surface area contributed by atoms with Gasteiger partial charge in [-0.1, -0.05) is 29.8 Å². The van der Waals surface area contributed by atoms with E-state index in [1.54, 1.807) is 34.1 Å². The van der Waals surface area contributed by atoms with Gasteiger partial charge >= 0.3 is 0 Å². The summed E-state index contributed by atoms with van der Waals surface area (Å²) in [5.41, 5.74) is 6.92. The molecule has 1 fully saturated rings. The van der Waals surface area contributed by atoms with E-state index >= 15 is 0 Å². The van der Waals surface area contributed by atoms with Crippen LogP contribution >= 0.6 is 0 Å². The molecule has 1 unspecified atom stereocenters. The lowest BCUT2D eigenvalue weighted by Gasteiger charge is -2.48. The van der Waals surface area contributed by atoms with Crippen LogP contribution < -0.4 is 21.1 Å². The number of benzene rings is 2. The predicted molar refractivity (Wildman–Crippen MR) is 123 cm³/mol. The van der Waals surface area contributed by atoms with E-state index in [0.717, 1.165) is 11.3 Å². The molecule has 9 nitrogen and oxygen atoms in total. The van der Waals surface area contributed by atoms with Crippen molar-refractivity contribution in [3.63, 3.8) is 0 Å². The third-order valence-corrected chi connectivity index (χ3v) is 6.15. The SMILES string of the molecule is Cc1ccc(NCC(=O)NNC(=O)CCN2C(=O)c3ccccc3N3C(=O)CCC23C)cc1. The number of para-hydroxylation sites is 1. The molecule has 3 N–H and O–H groups in total. The van der Waals surface area contributed by atoms with Crippen LogP contribution in [-0.4, -0.2) is 47.3 Å². The molecule has 4 amide bonds. The number of amides is 4. The van der Waals surface area contributed by atoms with E-state index in [9.17, 15) is 19.2 Å². The molecular formula is C24H27N5O4. The quantitative estimate of drug-likeness (QED) is 0.584. The van der Waals surface area contributed by atoms with Gasteiger partial charge in [0.05, 0.1) is 17.8 Å². The summed E-state index contributed by atoms with van der Waals surface area (Å²) in [4.78, 5) is 53.4. The van der Waals surface area contributed by atoms with Gasteiger partial charge in [-0.05, 0) is 44.5 Å². The van der Waals surface area contributed by atoms with Gasteiger partial charge in [0.25, 0.3) is 11.8 Å². The van der Waals surface area contributed by atoms with Crippen molar-refractivity contribution in [3.05, 3.63) is 59.7 Å². The van der Waals surface area contributed by atoms with Crippen LogP contribution in [0.5, 0.6) is 0 Å². The number of carbonyl (C=O) groups excluding carboxylic acids is 4. The monoisotopic (exact) mass is 449 g/mol. The Kier molecular flexibility index (Phi) is 6.04. The first kappa shape index (κ1) is 22.3. The van der Waals surface area contributed by atoms with Crippen molar-refractivity contribution in [2.75, 3.05) is 23.3 Å². The summed E-state index contributed by atoms with van der Waals surface area (Å²) in [6.07, 6.45) is 0.816. The summed E-state index contributed by atoms with van der Waals surface area (Å²) in [5, 5.41) is 2.97. The van der Waals surface area contributed by atoms with E-state index in [-0.39, 0.29) is 31.3 Å². The second-order valence-corrected chi connectivity index (χ2v) is 8.49. The van der Waals surface area contributed by atoms with Crippen molar-refractivity contribution in [1.82, 2.24) is 15.8 Å². The summed E-state index contributed by atoms with van der Waals surface area (Å²) in [6.45, 7) is 3.95. The van der Waals surface area contributed by atoms with Gasteiger partial charge in [-0.3, -0.25) is 34.9 Å². The maximum Gasteiger partial charge on any atom is 0.257 e. The molecule has 33 heavy (non-hydrogen) atoms. The molecule has 0 bridgehead atoms. The standard InChI is InChI=1S/C24H27N5O4/c1-16-7-9-17(10-8-16)25-15-21(31)27-26-20(30)12-14-28-23(33)18-5-3-4-6-19(18)29-22(32)11-13-24(28,29)2/h3-10,25H,11-15H2,1-2H3,(H,26,30)(H,27,31). The molecule has 4 rings (SSSR count). The Hall–Kier alpha value is -3.88. The molecule has 9 heteroatoms. The number of fused-ring (bicyclic) bond motifs is 3. The Balaban J connectivity index is 1.32. The van der Waals surface area contributed by atoms with Crippen LogP contribution in [0.4, 0.5) is 11.4 Å². The van der Waals surface area contributed by atoms with Gasteiger partial charge in [-0.25, -0.2) is 0 Å². The maximum atomic E-state index is 13.2. The number of nitrogens with one attached hydrogen (secondary N) is 3. The zero-order valence-corrected chi connectivity index (χ0v) is 18.7. The Morgan fingerprint density at radius 3 is 2.45 bits per heavy atom. The second kappa shape index (κ2) is 8.93. The van der Waals surface area contributed by atoms with Crippen molar-refractivity contribution in [1.29, 1.82) is 0 Å². The molecular weight excluding hydrogens is 422 g/mol. The molecule has 1 saturated heterocycles. The predicted octanol–water partition coefficient (Wildman–Crippen LogP) is 1.94. The fourth-order valence-electron chi connectivity index (χ4n) is 4.35. The molecule has 0 spiro atoms. The average molecular weight is 450 g/mol. The first-order valence-electron chi connectivity index (χ1n) is 10.9. The third kappa shape index (κ3) is 4.39. The molecule has 1 atom stereocenters. The van der Waals surface area contributed by atoms with Crippen LogP contribution in [0.2, 0.25) is 0 Å². The third-order valence-electron chi connectivity index (χ3n) is 6.15. The molecule has 0 aliphatic carbocycles. The molecule has 2 heterocycles. The smallest absolute Gasteiger partial charge is 0.257 e. The number of hydrogen-bond donors (Lipinski definition) is 3. The van der Waals surface area contributed by atoms with Crippen molar-refractivity contribution in [2.45, 2.75) is 38.8 Å². The van der Waals surface area contributed by atoms with Gasteiger partial charge in [0.1, 0.15) is 5.66 Å². The number of hydrazine groups is 1. The van der Waals surface area contributed by atoms with Gasteiger partial charge in [-0.15, -0.1) is 0 Å². The zero-order chi connectivity index (χ0) is 23.6. The number of carbonyl (C=O) groups is 4. The summed E-state index contributed by atoms with van der Waals surface area (Å²) < 4.78 is 0. The summed E-state index contributed by atoms with van der Waals surface area (Å²) in [7, 11) is 0. The topological polar surface area (TPSA) is 111 Å². The average Bonchev–Trinajstić information content (AvgIpc) is 3.12. The Morgan fingerprint density at radius 2 is 1.70 bits per heavy atom. The minimum absolute atomic E-state index is 0.000120. The molecule has 2 aromatic rings. The van der Waals surface area contributed by atoms with Crippen molar-refractivity contribution in [3.8, 4) is 0 Å². The van der Waals surface area contributed by atoms with Crippen LogP contribution in [0.25, 0.3) is 0 Å². The first-order valence-corrected chi connectivity index (χ1v) is 10.9. The Labute approximate surface area is 192 Å². The van der Waals surface area contributed by atoms with E-state index in [0.29, 0.717) is 24.1 Å². The van der Waals surface area contributed by atoms with E-state index in [4.69, 9.17) is 0 Å². The highest BCUT2D eigenvalue weighted by Crippen LogP contribution is 2.43. The van der Waals surface area contributed by atoms with Gasteiger partial charge in [0.2, 0.25) is 11.8 Å². The number of aryl methyl sites for hydroxylation is 1. The molecule has 2 aliphatic heterocycles. The first-order chi connectivity index (χ1) is 15.8. The lowest BCUT2D eigenvalue weighted by atomic mass is 9.98. The molecule has 0 saturated carbocycles. The van der Waals surface area contributed by atoms with E-state index in [1.165, 1.54) is 0 Å². The summed E-state index contributed by atoms with van der Waals surface area (Å²) in [6, 6.07) is 14.6.